The van der Waals surface area contributed by atoms with E-state index in [0.29, 0.717) is 11.6 Å². The number of nitrogens with one attached hydrogen (secondary N) is 2. The van der Waals surface area contributed by atoms with Crippen molar-refractivity contribution in [3.63, 3.8) is 0 Å². The Bertz CT molecular complexity index is 638. The molecule has 0 saturated carbocycles. The molecule has 21 heavy (non-hydrogen) atoms. The molecule has 0 unspecified atom stereocenters. The molecule has 0 radical (unpaired) electrons. The van der Waals surface area contributed by atoms with Crippen LogP contribution in [0.2, 0.25) is 5.02 Å². The van der Waals surface area contributed by atoms with E-state index in [1.54, 1.807) is 7.05 Å². The van der Waals surface area contributed by atoms with Crippen molar-refractivity contribution < 1.29 is 9.13 Å². The van der Waals surface area contributed by atoms with Crippen LogP contribution in [-0.2, 0) is 0 Å². The molecule has 8 heteroatoms. The number of ether oxygens (including phenoxy) is 1. The molecule has 0 bridgehead atoms. The monoisotopic (exact) mass is 311 g/mol. The molecule has 112 valence electrons. The lowest BCUT2D eigenvalue weighted by atomic mass is 10.3. The molecule has 0 aliphatic rings. The lowest BCUT2D eigenvalue weighted by Gasteiger charge is -2.11. The van der Waals surface area contributed by atoms with Gasteiger partial charge in [0.1, 0.15) is 5.82 Å². The second-order valence-electron chi connectivity index (χ2n) is 4.43. The summed E-state index contributed by atoms with van der Waals surface area (Å²) in [6, 6.07) is 4.18. The molecule has 0 aliphatic heterocycles. The Balaban J connectivity index is 2.29. The zero-order valence-electron chi connectivity index (χ0n) is 11.8. The molecule has 0 atom stereocenters. The van der Waals surface area contributed by atoms with Gasteiger partial charge in [-0.05, 0) is 32.0 Å². The van der Waals surface area contributed by atoms with Gasteiger partial charge in [0.2, 0.25) is 11.9 Å². The first-order valence-electron chi connectivity index (χ1n) is 6.30. The maximum absolute atomic E-state index is 13.0. The third-order valence-corrected chi connectivity index (χ3v) is 2.67. The maximum atomic E-state index is 13.0. The van der Waals surface area contributed by atoms with E-state index in [4.69, 9.17) is 16.3 Å². The lowest BCUT2D eigenvalue weighted by molar-refractivity contribution is 0.222. The summed E-state index contributed by atoms with van der Waals surface area (Å²) in [5.41, 5.74) is 0.488. The molecule has 1 aromatic heterocycles. The minimum Gasteiger partial charge on any atom is -0.461 e. The SMILES string of the molecule is CNc1nc(Nc2ccc(F)cc2Cl)nc(OC(C)C)n1. The molecule has 2 N–H and O–H groups in total. The summed E-state index contributed by atoms with van der Waals surface area (Å²) in [5, 5.41) is 5.95. The van der Waals surface area contributed by atoms with Gasteiger partial charge in [-0.25, -0.2) is 4.39 Å². The molecule has 1 heterocycles. The largest absolute Gasteiger partial charge is 0.461 e. The Kier molecular flexibility index (Phi) is 4.74. The standard InChI is InChI=1S/C13H15ClFN5O/c1-7(2)21-13-19-11(16-3)18-12(20-13)17-10-5-4-8(15)6-9(10)14/h4-7H,1-3H3,(H2,16,17,18,19,20). The molecule has 2 aromatic rings. The normalized spacial score (nSPS) is 10.6. The van der Waals surface area contributed by atoms with E-state index in [1.807, 2.05) is 13.8 Å². The van der Waals surface area contributed by atoms with E-state index in [1.165, 1.54) is 18.2 Å². The van der Waals surface area contributed by atoms with Gasteiger partial charge in [0, 0.05) is 7.05 Å². The minimum absolute atomic E-state index is 0.0700. The molecule has 1 aromatic carbocycles. The molecular formula is C13H15ClFN5O. The van der Waals surface area contributed by atoms with Gasteiger partial charge in [0.25, 0.3) is 0 Å². The van der Waals surface area contributed by atoms with Crippen LogP contribution in [0.15, 0.2) is 18.2 Å². The highest BCUT2D eigenvalue weighted by Gasteiger charge is 2.10. The first kappa shape index (κ1) is 15.2. The number of aromatic nitrogens is 3. The van der Waals surface area contributed by atoms with Crippen LogP contribution in [0.5, 0.6) is 6.01 Å². The van der Waals surface area contributed by atoms with Crippen molar-refractivity contribution in [1.29, 1.82) is 0 Å². The van der Waals surface area contributed by atoms with Crippen molar-refractivity contribution in [1.82, 2.24) is 15.0 Å². The molecule has 6 nitrogen and oxygen atoms in total. The Hall–Kier alpha value is -2.15. The van der Waals surface area contributed by atoms with Gasteiger partial charge in [-0.15, -0.1) is 0 Å². The number of hydrogen-bond donors (Lipinski definition) is 2. The summed E-state index contributed by atoms with van der Waals surface area (Å²) in [5.74, 6) is 0.181. The average molecular weight is 312 g/mol. The quantitative estimate of drug-likeness (QED) is 0.883. The minimum atomic E-state index is -0.416. The predicted molar refractivity (Wildman–Crippen MR) is 79.8 cm³/mol. The molecule has 2 rings (SSSR count). The number of hydrogen-bond acceptors (Lipinski definition) is 6. The fraction of sp³-hybridized carbons (Fsp3) is 0.308. The Morgan fingerprint density at radius 2 is 1.90 bits per heavy atom. The van der Waals surface area contributed by atoms with Crippen molar-refractivity contribution >= 4 is 29.2 Å². The second-order valence-corrected chi connectivity index (χ2v) is 4.84. The van der Waals surface area contributed by atoms with Gasteiger partial charge < -0.3 is 15.4 Å². The fourth-order valence-electron chi connectivity index (χ4n) is 1.50. The van der Waals surface area contributed by atoms with Crippen molar-refractivity contribution in [2.75, 3.05) is 17.7 Å². The number of anilines is 3. The zero-order chi connectivity index (χ0) is 15.4. The Morgan fingerprint density at radius 3 is 2.52 bits per heavy atom. The third kappa shape index (κ3) is 4.16. The van der Waals surface area contributed by atoms with Crippen LogP contribution in [0.4, 0.5) is 22.0 Å². The van der Waals surface area contributed by atoms with Crippen LogP contribution in [0, 0.1) is 5.82 Å². The predicted octanol–water partition coefficient (Wildman–Crippen LogP) is 3.24. The highest BCUT2D eigenvalue weighted by Crippen LogP contribution is 2.25. The lowest BCUT2D eigenvalue weighted by Crippen LogP contribution is -2.12. The van der Waals surface area contributed by atoms with Crippen LogP contribution in [0.25, 0.3) is 0 Å². The highest BCUT2D eigenvalue weighted by molar-refractivity contribution is 6.33. The number of benzene rings is 1. The summed E-state index contributed by atoms with van der Waals surface area (Å²) in [6.45, 7) is 3.74. The van der Waals surface area contributed by atoms with Gasteiger partial charge in [-0.3, -0.25) is 0 Å². The van der Waals surface area contributed by atoms with Crippen molar-refractivity contribution in [3.8, 4) is 6.01 Å². The summed E-state index contributed by atoms with van der Waals surface area (Å²) >= 11 is 5.96. The first-order valence-corrected chi connectivity index (χ1v) is 6.68. The molecule has 0 fully saturated rings. The van der Waals surface area contributed by atoms with Gasteiger partial charge in [0.15, 0.2) is 0 Å². The number of nitrogens with zero attached hydrogens (tertiary/aromatic N) is 3. The molecule has 0 spiro atoms. The summed E-state index contributed by atoms with van der Waals surface area (Å²) in [7, 11) is 1.68. The van der Waals surface area contributed by atoms with E-state index in [2.05, 4.69) is 25.6 Å². The van der Waals surface area contributed by atoms with Crippen LogP contribution < -0.4 is 15.4 Å². The summed E-state index contributed by atoms with van der Waals surface area (Å²) in [4.78, 5) is 12.4. The van der Waals surface area contributed by atoms with Crippen LogP contribution in [-0.4, -0.2) is 28.1 Å². The van der Waals surface area contributed by atoms with Crippen molar-refractivity contribution in [2.24, 2.45) is 0 Å². The van der Waals surface area contributed by atoms with Gasteiger partial charge >= 0.3 is 6.01 Å². The molecule has 0 saturated heterocycles. The van der Waals surface area contributed by atoms with Crippen LogP contribution >= 0.6 is 11.6 Å². The highest BCUT2D eigenvalue weighted by atomic mass is 35.5. The molecule has 0 aliphatic carbocycles. The fourth-order valence-corrected chi connectivity index (χ4v) is 1.71. The zero-order valence-corrected chi connectivity index (χ0v) is 12.6. The summed E-state index contributed by atoms with van der Waals surface area (Å²) in [6.07, 6.45) is -0.0700. The van der Waals surface area contributed by atoms with Crippen LogP contribution in [0.1, 0.15) is 13.8 Å². The molecular weight excluding hydrogens is 297 g/mol. The Morgan fingerprint density at radius 1 is 1.19 bits per heavy atom. The smallest absolute Gasteiger partial charge is 0.323 e. The topological polar surface area (TPSA) is 72.0 Å². The summed E-state index contributed by atoms with van der Waals surface area (Å²) < 4.78 is 18.5. The van der Waals surface area contributed by atoms with Crippen LogP contribution in [0.3, 0.4) is 0 Å². The number of halogens is 2. The third-order valence-electron chi connectivity index (χ3n) is 2.36. The Labute approximate surface area is 126 Å². The second kappa shape index (κ2) is 6.53. The maximum Gasteiger partial charge on any atom is 0.323 e. The van der Waals surface area contributed by atoms with E-state index in [-0.39, 0.29) is 23.1 Å². The number of rotatable bonds is 5. The van der Waals surface area contributed by atoms with Gasteiger partial charge in [-0.2, -0.15) is 15.0 Å². The van der Waals surface area contributed by atoms with E-state index in [0.717, 1.165) is 0 Å². The van der Waals surface area contributed by atoms with Gasteiger partial charge in [-0.1, -0.05) is 11.6 Å². The van der Waals surface area contributed by atoms with Crippen molar-refractivity contribution in [2.45, 2.75) is 20.0 Å². The molecule has 0 amide bonds. The average Bonchev–Trinajstić information content (AvgIpc) is 2.41. The van der Waals surface area contributed by atoms with E-state index < -0.39 is 5.82 Å². The van der Waals surface area contributed by atoms with Gasteiger partial charge in [0.05, 0.1) is 16.8 Å². The van der Waals surface area contributed by atoms with E-state index in [9.17, 15) is 4.39 Å². The van der Waals surface area contributed by atoms with Crippen molar-refractivity contribution in [3.05, 3.63) is 29.0 Å². The first-order chi connectivity index (χ1) is 9.97. The van der Waals surface area contributed by atoms with E-state index >= 15 is 0 Å².